The van der Waals surface area contributed by atoms with Crippen LogP contribution in [0.5, 0.6) is 34.5 Å². The van der Waals surface area contributed by atoms with E-state index in [0.717, 1.165) is 0 Å². The standard InChI is InChI=1S/C26H18N4O4.C13H10N4O2/c31-25(18-6-4-10-21(14-18)33-20-8-2-1-3-9-20)29-19-7-5-11-22(15-19)34-23-12-13-27-24(16-23)26-30-28-17-32-26;14-9-2-1-3-10(6-9)19-11-4-5-15-12(7-11)13-17-16-8-18-13/h1-17H,(H,29,31);1-8H,14H2. The molecule has 53 heavy (non-hydrogen) atoms. The quantitative estimate of drug-likeness (QED) is 0.129. The summed E-state index contributed by atoms with van der Waals surface area (Å²) in [4.78, 5) is 21.2. The highest BCUT2D eigenvalue weighted by atomic mass is 16.5. The molecule has 0 unspecified atom stereocenters. The summed E-state index contributed by atoms with van der Waals surface area (Å²) >= 11 is 0. The highest BCUT2D eigenvalue weighted by molar-refractivity contribution is 6.04. The van der Waals surface area contributed by atoms with Crippen LogP contribution < -0.4 is 25.3 Å². The highest BCUT2D eigenvalue weighted by Gasteiger charge is 2.11. The Morgan fingerprint density at radius 1 is 0.547 bits per heavy atom. The fourth-order valence-corrected chi connectivity index (χ4v) is 4.77. The zero-order chi connectivity index (χ0) is 36.2. The lowest BCUT2D eigenvalue weighted by Gasteiger charge is -2.10. The number of para-hydroxylation sites is 1. The Balaban J connectivity index is 0.000000193. The lowest BCUT2D eigenvalue weighted by Crippen LogP contribution is -2.11. The van der Waals surface area contributed by atoms with Gasteiger partial charge in [-0.25, -0.2) is 0 Å². The monoisotopic (exact) mass is 704 g/mol. The predicted molar refractivity (Wildman–Crippen MR) is 193 cm³/mol. The zero-order valence-electron chi connectivity index (χ0n) is 27.6. The van der Waals surface area contributed by atoms with E-state index in [1.807, 2.05) is 42.5 Å². The summed E-state index contributed by atoms with van der Waals surface area (Å²) in [5.41, 5.74) is 8.44. The van der Waals surface area contributed by atoms with Gasteiger partial charge in [0.15, 0.2) is 0 Å². The average molecular weight is 705 g/mol. The fraction of sp³-hybridized carbons (Fsp3) is 0. The third kappa shape index (κ3) is 9.23. The van der Waals surface area contributed by atoms with Crippen molar-refractivity contribution in [2.24, 2.45) is 0 Å². The largest absolute Gasteiger partial charge is 0.457 e. The first-order valence-electron chi connectivity index (χ1n) is 15.9. The van der Waals surface area contributed by atoms with Gasteiger partial charge in [-0.2, -0.15) is 0 Å². The van der Waals surface area contributed by atoms with Gasteiger partial charge in [-0.1, -0.05) is 36.4 Å². The molecule has 0 aliphatic heterocycles. The van der Waals surface area contributed by atoms with Crippen LogP contribution in [0.3, 0.4) is 0 Å². The lowest BCUT2D eigenvalue weighted by molar-refractivity contribution is 0.102. The number of carbonyl (C=O) groups excluding carboxylic acids is 1. The number of amides is 1. The molecule has 3 N–H and O–H groups in total. The van der Waals surface area contributed by atoms with E-state index in [1.165, 1.54) is 12.8 Å². The van der Waals surface area contributed by atoms with Crippen molar-refractivity contribution in [3.8, 4) is 57.7 Å². The first-order chi connectivity index (χ1) is 26.0. The van der Waals surface area contributed by atoms with Gasteiger partial charge >= 0.3 is 0 Å². The van der Waals surface area contributed by atoms with Gasteiger partial charge in [0, 0.05) is 53.6 Å². The molecule has 0 fully saturated rings. The van der Waals surface area contributed by atoms with Crippen molar-refractivity contribution in [1.29, 1.82) is 0 Å². The highest BCUT2D eigenvalue weighted by Crippen LogP contribution is 2.28. The molecule has 0 aliphatic rings. The van der Waals surface area contributed by atoms with Crippen LogP contribution in [-0.2, 0) is 0 Å². The molecule has 4 heterocycles. The van der Waals surface area contributed by atoms with Gasteiger partial charge in [-0.05, 0) is 66.7 Å². The Hall–Kier alpha value is -7.87. The fourth-order valence-electron chi connectivity index (χ4n) is 4.77. The Labute approximate surface area is 301 Å². The normalized spacial score (nSPS) is 10.4. The van der Waals surface area contributed by atoms with Crippen LogP contribution >= 0.6 is 0 Å². The minimum absolute atomic E-state index is 0.266. The van der Waals surface area contributed by atoms with Crippen LogP contribution in [-0.4, -0.2) is 36.3 Å². The number of rotatable bonds is 10. The first kappa shape index (κ1) is 33.6. The molecule has 8 rings (SSSR count). The molecule has 0 aliphatic carbocycles. The number of hydrogen-bond donors (Lipinski definition) is 2. The van der Waals surface area contributed by atoms with Crippen molar-refractivity contribution in [2.75, 3.05) is 11.1 Å². The summed E-state index contributed by atoms with van der Waals surface area (Å²) in [6, 6.07) is 37.5. The number of nitrogens with one attached hydrogen (secondary N) is 1. The lowest BCUT2D eigenvalue weighted by atomic mass is 10.2. The molecular formula is C39H28N8O6. The van der Waals surface area contributed by atoms with E-state index in [9.17, 15) is 4.79 Å². The molecule has 0 bridgehead atoms. The van der Waals surface area contributed by atoms with E-state index >= 15 is 0 Å². The number of carbonyl (C=O) groups is 1. The van der Waals surface area contributed by atoms with Crippen LogP contribution in [0, 0.1) is 0 Å². The molecule has 14 heteroatoms. The molecule has 8 aromatic rings. The third-order valence-electron chi connectivity index (χ3n) is 7.12. The van der Waals surface area contributed by atoms with Gasteiger partial charge in [0.25, 0.3) is 17.7 Å². The number of anilines is 2. The second kappa shape index (κ2) is 16.2. The van der Waals surface area contributed by atoms with Crippen molar-refractivity contribution < 1.29 is 27.8 Å². The number of benzene rings is 4. The van der Waals surface area contributed by atoms with Crippen molar-refractivity contribution >= 4 is 17.3 Å². The minimum Gasteiger partial charge on any atom is -0.457 e. The van der Waals surface area contributed by atoms with E-state index in [2.05, 4.69) is 35.7 Å². The number of pyridine rings is 2. The number of nitrogens with zero attached hydrogens (tertiary/aromatic N) is 6. The van der Waals surface area contributed by atoms with Crippen molar-refractivity contribution in [2.45, 2.75) is 0 Å². The summed E-state index contributed by atoms with van der Waals surface area (Å²) < 4.78 is 27.7. The van der Waals surface area contributed by atoms with Gasteiger partial charge < -0.3 is 34.1 Å². The average Bonchev–Trinajstić information content (AvgIpc) is 3.93. The van der Waals surface area contributed by atoms with E-state index in [1.54, 1.807) is 97.3 Å². The molecule has 0 radical (unpaired) electrons. The number of hydrogen-bond acceptors (Lipinski definition) is 13. The van der Waals surface area contributed by atoms with Crippen molar-refractivity contribution in [3.63, 3.8) is 0 Å². The topological polar surface area (TPSA) is 186 Å². The van der Waals surface area contributed by atoms with Crippen LogP contribution in [0.1, 0.15) is 10.4 Å². The number of aromatic nitrogens is 6. The SMILES string of the molecule is Nc1cccc(Oc2ccnc(-c3nnco3)c2)c1.O=C(Nc1cccc(Oc2ccnc(-c3nnco3)c2)c1)c1cccc(Oc2ccccc2)c1. The Morgan fingerprint density at radius 2 is 1.08 bits per heavy atom. The second-order valence-corrected chi connectivity index (χ2v) is 10.9. The van der Waals surface area contributed by atoms with Gasteiger partial charge in [0.2, 0.25) is 12.8 Å². The van der Waals surface area contributed by atoms with Crippen LogP contribution in [0.2, 0.25) is 0 Å². The van der Waals surface area contributed by atoms with E-state index in [-0.39, 0.29) is 5.91 Å². The van der Waals surface area contributed by atoms with E-state index < -0.39 is 0 Å². The van der Waals surface area contributed by atoms with E-state index in [4.69, 9.17) is 28.8 Å². The van der Waals surface area contributed by atoms with Crippen LogP contribution in [0.4, 0.5) is 11.4 Å². The number of ether oxygens (including phenoxy) is 3. The summed E-state index contributed by atoms with van der Waals surface area (Å²) in [6.45, 7) is 0. The Kier molecular flexibility index (Phi) is 10.3. The summed E-state index contributed by atoms with van der Waals surface area (Å²) in [6.07, 6.45) is 5.69. The summed E-state index contributed by atoms with van der Waals surface area (Å²) in [5, 5.41) is 17.8. The van der Waals surface area contributed by atoms with E-state index in [0.29, 0.717) is 74.6 Å². The molecule has 14 nitrogen and oxygen atoms in total. The van der Waals surface area contributed by atoms with Crippen LogP contribution in [0.25, 0.3) is 23.2 Å². The van der Waals surface area contributed by atoms with Crippen molar-refractivity contribution in [3.05, 3.63) is 158 Å². The number of nitrogen functional groups attached to an aromatic ring is 1. The molecule has 0 atom stereocenters. The molecule has 4 aromatic heterocycles. The van der Waals surface area contributed by atoms with Gasteiger partial charge in [0.05, 0.1) is 0 Å². The third-order valence-corrected chi connectivity index (χ3v) is 7.12. The first-order valence-corrected chi connectivity index (χ1v) is 15.9. The molecule has 0 spiro atoms. The van der Waals surface area contributed by atoms with Crippen LogP contribution in [0.15, 0.2) is 161 Å². The maximum absolute atomic E-state index is 12.8. The van der Waals surface area contributed by atoms with Gasteiger partial charge in [-0.15, -0.1) is 20.4 Å². The molecule has 1 amide bonds. The van der Waals surface area contributed by atoms with Gasteiger partial charge in [-0.3, -0.25) is 14.8 Å². The number of nitrogens with two attached hydrogens (primary N) is 1. The smallest absolute Gasteiger partial charge is 0.266 e. The summed E-state index contributed by atoms with van der Waals surface area (Å²) in [7, 11) is 0. The predicted octanol–water partition coefficient (Wildman–Crippen LogP) is 8.47. The minimum atomic E-state index is -0.266. The molecular weight excluding hydrogens is 676 g/mol. The summed E-state index contributed by atoms with van der Waals surface area (Å²) in [5.74, 6) is 4.01. The zero-order valence-corrected chi connectivity index (χ0v) is 27.6. The Morgan fingerprint density at radius 3 is 1.68 bits per heavy atom. The molecule has 0 saturated heterocycles. The van der Waals surface area contributed by atoms with Crippen molar-refractivity contribution in [1.82, 2.24) is 30.4 Å². The van der Waals surface area contributed by atoms with Gasteiger partial charge in [0.1, 0.15) is 45.9 Å². The maximum Gasteiger partial charge on any atom is 0.266 e. The second-order valence-electron chi connectivity index (χ2n) is 10.9. The molecule has 4 aromatic carbocycles. The Bertz CT molecular complexity index is 2410. The maximum atomic E-state index is 12.8. The molecule has 260 valence electrons. The molecule has 0 saturated carbocycles.